The molecule has 7 nitrogen and oxygen atoms in total. The lowest BCUT2D eigenvalue weighted by Crippen LogP contribution is -2.30. The first-order valence-corrected chi connectivity index (χ1v) is 12.1. The van der Waals surface area contributed by atoms with Crippen molar-refractivity contribution in [3.8, 4) is 17.6 Å². The van der Waals surface area contributed by atoms with E-state index in [0.29, 0.717) is 44.2 Å². The Morgan fingerprint density at radius 2 is 1.86 bits per heavy atom. The molecule has 0 bridgehead atoms. The highest BCUT2D eigenvalue weighted by Crippen LogP contribution is 2.31. The fourth-order valence-corrected chi connectivity index (χ4v) is 4.00. The standard InChI is InChI=1S/C28H24Cl2N4O3/c1-15-9-23-24(10-16(15)2)33-27(32-23)19(14-31)11-18-5-8-25(26(12-18)36-4)37-17(3)28(35)34-22-13-20(29)6-7-21(22)30/h5-13,17H,1-4H3,(H,32,33)(H,34,35). The van der Waals surface area contributed by atoms with E-state index in [2.05, 4.69) is 21.4 Å². The number of nitriles is 1. The monoisotopic (exact) mass is 534 g/mol. The van der Waals surface area contributed by atoms with Gasteiger partial charge in [-0.1, -0.05) is 29.3 Å². The van der Waals surface area contributed by atoms with Crippen molar-refractivity contribution in [3.63, 3.8) is 0 Å². The molecule has 1 atom stereocenters. The van der Waals surface area contributed by atoms with E-state index < -0.39 is 12.0 Å². The quantitative estimate of drug-likeness (QED) is 0.249. The van der Waals surface area contributed by atoms with E-state index in [1.54, 1.807) is 49.4 Å². The van der Waals surface area contributed by atoms with Crippen molar-refractivity contribution in [3.05, 3.63) is 81.1 Å². The molecule has 0 fully saturated rings. The number of carbonyl (C=O) groups is 1. The molecule has 1 amide bonds. The predicted molar refractivity (Wildman–Crippen MR) is 147 cm³/mol. The number of aryl methyl sites for hydroxylation is 2. The third kappa shape index (κ3) is 5.88. The maximum absolute atomic E-state index is 12.7. The highest BCUT2D eigenvalue weighted by Gasteiger charge is 2.19. The minimum absolute atomic E-state index is 0.363. The van der Waals surface area contributed by atoms with Gasteiger partial charge in [-0.05, 0) is 86.0 Å². The molecule has 188 valence electrons. The third-order valence-corrected chi connectivity index (χ3v) is 6.40. The van der Waals surface area contributed by atoms with Gasteiger partial charge in [-0.2, -0.15) is 5.26 Å². The summed E-state index contributed by atoms with van der Waals surface area (Å²) in [5.41, 5.74) is 5.40. The molecule has 0 aliphatic carbocycles. The Morgan fingerprint density at radius 1 is 1.11 bits per heavy atom. The summed E-state index contributed by atoms with van der Waals surface area (Å²) >= 11 is 12.1. The minimum Gasteiger partial charge on any atom is -0.493 e. The molecule has 1 heterocycles. The molecule has 0 radical (unpaired) electrons. The fraction of sp³-hybridized carbons (Fsp3) is 0.179. The number of nitrogens with zero attached hydrogens (tertiary/aromatic N) is 2. The summed E-state index contributed by atoms with van der Waals surface area (Å²) in [4.78, 5) is 20.5. The highest BCUT2D eigenvalue weighted by molar-refractivity contribution is 6.35. The van der Waals surface area contributed by atoms with Crippen LogP contribution in [0.3, 0.4) is 0 Å². The Kier molecular flexibility index (Phi) is 7.72. The van der Waals surface area contributed by atoms with Crippen LogP contribution in [0.4, 0.5) is 5.69 Å². The minimum atomic E-state index is -0.859. The average Bonchev–Trinajstić information content (AvgIpc) is 3.27. The maximum atomic E-state index is 12.7. The Balaban J connectivity index is 1.54. The lowest BCUT2D eigenvalue weighted by Gasteiger charge is -2.17. The van der Waals surface area contributed by atoms with Crippen molar-refractivity contribution >= 4 is 57.5 Å². The molecule has 9 heteroatoms. The topological polar surface area (TPSA) is 100 Å². The summed E-state index contributed by atoms with van der Waals surface area (Å²) in [7, 11) is 1.50. The number of rotatable bonds is 7. The first kappa shape index (κ1) is 26.1. The first-order chi connectivity index (χ1) is 17.7. The molecule has 0 saturated carbocycles. The third-order valence-electron chi connectivity index (χ3n) is 5.83. The van der Waals surface area contributed by atoms with Crippen molar-refractivity contribution in [1.82, 2.24) is 9.97 Å². The van der Waals surface area contributed by atoms with Gasteiger partial charge >= 0.3 is 0 Å². The zero-order valence-electron chi connectivity index (χ0n) is 20.6. The second-order valence-corrected chi connectivity index (χ2v) is 9.34. The van der Waals surface area contributed by atoms with Crippen molar-refractivity contribution in [2.45, 2.75) is 26.9 Å². The summed E-state index contributed by atoms with van der Waals surface area (Å²) in [6.45, 7) is 5.67. The molecule has 37 heavy (non-hydrogen) atoms. The van der Waals surface area contributed by atoms with E-state index in [1.807, 2.05) is 26.0 Å². The number of carbonyl (C=O) groups excluding carboxylic acids is 1. The molecule has 0 spiro atoms. The van der Waals surface area contributed by atoms with Crippen LogP contribution < -0.4 is 14.8 Å². The Labute approximate surface area is 224 Å². The number of fused-ring (bicyclic) bond motifs is 1. The van der Waals surface area contributed by atoms with E-state index >= 15 is 0 Å². The number of hydrogen-bond donors (Lipinski definition) is 2. The van der Waals surface area contributed by atoms with Gasteiger partial charge in [-0.15, -0.1) is 0 Å². The second kappa shape index (κ2) is 11.0. The smallest absolute Gasteiger partial charge is 0.265 e. The van der Waals surface area contributed by atoms with Gasteiger partial charge < -0.3 is 19.8 Å². The summed E-state index contributed by atoms with van der Waals surface area (Å²) in [5.74, 6) is 0.846. The summed E-state index contributed by atoms with van der Waals surface area (Å²) in [6, 6.07) is 16.2. The van der Waals surface area contributed by atoms with Gasteiger partial charge in [0.1, 0.15) is 11.9 Å². The average molecular weight is 535 g/mol. The second-order valence-electron chi connectivity index (χ2n) is 8.49. The van der Waals surface area contributed by atoms with Gasteiger partial charge in [0, 0.05) is 5.02 Å². The number of aromatic amines is 1. The number of allylic oxidation sites excluding steroid dienone is 1. The highest BCUT2D eigenvalue weighted by atomic mass is 35.5. The molecule has 3 aromatic carbocycles. The summed E-state index contributed by atoms with van der Waals surface area (Å²) < 4.78 is 11.3. The maximum Gasteiger partial charge on any atom is 0.265 e. The Morgan fingerprint density at radius 3 is 2.59 bits per heavy atom. The molecule has 4 aromatic rings. The van der Waals surface area contributed by atoms with Crippen LogP contribution in [0.15, 0.2) is 48.5 Å². The molecular weight excluding hydrogens is 511 g/mol. The molecule has 0 aliphatic rings. The van der Waals surface area contributed by atoms with Crippen molar-refractivity contribution in [2.75, 3.05) is 12.4 Å². The van der Waals surface area contributed by atoms with Crippen molar-refractivity contribution < 1.29 is 14.3 Å². The number of H-pyrrole nitrogens is 1. The molecule has 1 unspecified atom stereocenters. The largest absolute Gasteiger partial charge is 0.493 e. The molecular formula is C28H24Cl2N4O3. The van der Waals surface area contributed by atoms with Crippen LogP contribution in [-0.2, 0) is 4.79 Å². The number of aromatic nitrogens is 2. The van der Waals surface area contributed by atoms with Gasteiger partial charge in [0.05, 0.1) is 34.4 Å². The first-order valence-electron chi connectivity index (χ1n) is 11.4. The predicted octanol–water partition coefficient (Wildman–Crippen LogP) is 6.97. The number of methoxy groups -OCH3 is 1. The molecule has 0 aliphatic heterocycles. The number of benzene rings is 3. The number of nitrogens with one attached hydrogen (secondary N) is 2. The normalized spacial score (nSPS) is 12.2. The SMILES string of the molecule is COc1cc(C=C(C#N)c2nc3cc(C)c(C)cc3[nH]2)ccc1OC(C)C(=O)Nc1cc(Cl)ccc1Cl. The van der Waals surface area contributed by atoms with Gasteiger partial charge in [0.15, 0.2) is 17.6 Å². The van der Waals surface area contributed by atoms with Crippen LogP contribution >= 0.6 is 23.2 Å². The van der Waals surface area contributed by atoms with Gasteiger partial charge in [0.25, 0.3) is 5.91 Å². The van der Waals surface area contributed by atoms with Crippen LogP contribution in [0.25, 0.3) is 22.7 Å². The molecule has 2 N–H and O–H groups in total. The lowest BCUT2D eigenvalue weighted by molar-refractivity contribution is -0.122. The molecule has 1 aromatic heterocycles. The van der Waals surface area contributed by atoms with Gasteiger partial charge in [-0.3, -0.25) is 4.79 Å². The van der Waals surface area contributed by atoms with E-state index in [0.717, 1.165) is 22.2 Å². The molecule has 0 saturated heterocycles. The number of halogens is 2. The van der Waals surface area contributed by atoms with E-state index in [-0.39, 0.29) is 0 Å². The van der Waals surface area contributed by atoms with Crippen molar-refractivity contribution in [2.24, 2.45) is 0 Å². The number of amides is 1. The van der Waals surface area contributed by atoms with Gasteiger partial charge in [0.2, 0.25) is 0 Å². The lowest BCUT2D eigenvalue weighted by atomic mass is 10.1. The fourth-order valence-electron chi connectivity index (χ4n) is 3.66. The Bertz CT molecular complexity index is 1530. The van der Waals surface area contributed by atoms with Crippen molar-refractivity contribution in [1.29, 1.82) is 5.26 Å². The number of anilines is 1. The summed E-state index contributed by atoms with van der Waals surface area (Å²) in [5, 5.41) is 13.3. The Hall–Kier alpha value is -3.99. The number of imidazole rings is 1. The van der Waals surface area contributed by atoms with Gasteiger partial charge in [-0.25, -0.2) is 4.98 Å². The van der Waals surface area contributed by atoms with Crippen LogP contribution in [0.2, 0.25) is 10.0 Å². The van der Waals surface area contributed by atoms with E-state index in [9.17, 15) is 10.1 Å². The van der Waals surface area contributed by atoms with Crippen LogP contribution in [-0.4, -0.2) is 29.1 Å². The van der Waals surface area contributed by atoms with Crippen LogP contribution in [0.5, 0.6) is 11.5 Å². The van der Waals surface area contributed by atoms with E-state index in [4.69, 9.17) is 32.7 Å². The zero-order chi connectivity index (χ0) is 26.7. The summed E-state index contributed by atoms with van der Waals surface area (Å²) in [6.07, 6.45) is 0.851. The molecule has 4 rings (SSSR count). The van der Waals surface area contributed by atoms with E-state index in [1.165, 1.54) is 7.11 Å². The number of hydrogen-bond acceptors (Lipinski definition) is 5. The number of ether oxygens (including phenoxy) is 2. The van der Waals surface area contributed by atoms with Crippen LogP contribution in [0.1, 0.15) is 29.4 Å². The van der Waals surface area contributed by atoms with Crippen LogP contribution in [0, 0.1) is 25.2 Å². The zero-order valence-corrected chi connectivity index (χ0v) is 22.2.